The summed E-state index contributed by atoms with van der Waals surface area (Å²) in [6.07, 6.45) is 14.7. The summed E-state index contributed by atoms with van der Waals surface area (Å²) in [5, 5.41) is 8.21. The summed E-state index contributed by atoms with van der Waals surface area (Å²) in [4.78, 5) is 0. The highest BCUT2D eigenvalue weighted by Gasteiger charge is 2.25. The van der Waals surface area contributed by atoms with Crippen LogP contribution in [0.4, 0.5) is 11.8 Å². The number of aryl methyl sites for hydroxylation is 2. The van der Waals surface area contributed by atoms with Crippen LogP contribution in [0.1, 0.15) is 95.9 Å². The highest BCUT2D eigenvalue weighted by Crippen LogP contribution is 2.14. The van der Waals surface area contributed by atoms with Gasteiger partial charge in [-0.2, -0.15) is 0 Å². The van der Waals surface area contributed by atoms with E-state index in [2.05, 4.69) is 24.4 Å². The Bertz CT molecular complexity index is 654. The van der Waals surface area contributed by atoms with Crippen LogP contribution in [0.25, 0.3) is 0 Å². The lowest BCUT2D eigenvalue weighted by molar-refractivity contribution is -0.769. The van der Waals surface area contributed by atoms with Gasteiger partial charge in [-0.3, -0.25) is 9.05 Å². The van der Waals surface area contributed by atoms with Gasteiger partial charge in [-0.15, -0.1) is 0 Å². The maximum absolute atomic E-state index is 6.01. The number of nitrogen functional groups attached to an aromatic ring is 2. The van der Waals surface area contributed by atoms with Crippen molar-refractivity contribution in [1.82, 2.24) is 10.5 Å². The lowest BCUT2D eigenvalue weighted by Crippen LogP contribution is -3.00. The number of rotatable bonds is 16. The van der Waals surface area contributed by atoms with Crippen LogP contribution in [-0.2, 0) is 25.9 Å². The smallest absolute Gasteiger partial charge is 0.296 e. The Hall–Kier alpha value is -1.58. The van der Waals surface area contributed by atoms with Crippen LogP contribution in [-0.4, -0.2) is 16.0 Å². The molecule has 6 N–H and O–H groups in total. The first-order valence-corrected chi connectivity index (χ1v) is 11.5. The zero-order valence-corrected chi connectivity index (χ0v) is 21.1. The standard InChI is InChI=1S/C21H40N6O2.2ClH.H2O/c1-3-5-7-9-11-16-26-18(20(22)28-24-26)14-13-15-19-21(23)29-25-27(19)17-12-10-8-6-4-2;;;/h3-17,22-23H2,1-2H3;2*1H;1H2/q+2;;;/p-2. The van der Waals surface area contributed by atoms with Gasteiger partial charge >= 0.3 is 0 Å². The largest absolute Gasteiger partial charge is 1.00 e. The molecule has 0 aliphatic carbocycles. The van der Waals surface area contributed by atoms with Gasteiger partial charge in [0, 0.05) is 25.7 Å². The molecule has 2 aromatic rings. The number of nitrogens with two attached hydrogens (primary N) is 2. The molecule has 188 valence electrons. The van der Waals surface area contributed by atoms with Crippen molar-refractivity contribution in [2.45, 2.75) is 110 Å². The Morgan fingerprint density at radius 2 is 1.00 bits per heavy atom. The first kappa shape index (κ1) is 32.6. The summed E-state index contributed by atoms with van der Waals surface area (Å²) in [7, 11) is 0. The summed E-state index contributed by atoms with van der Waals surface area (Å²) in [6.45, 7) is 6.16. The van der Waals surface area contributed by atoms with E-state index in [1.165, 1.54) is 51.4 Å². The monoisotopic (exact) mass is 496 g/mol. The molecule has 0 unspecified atom stereocenters. The Kier molecular flexibility index (Phi) is 19.3. The quantitative estimate of drug-likeness (QED) is 0.184. The zero-order chi connectivity index (χ0) is 20.9. The summed E-state index contributed by atoms with van der Waals surface area (Å²) in [5.74, 6) is 0.835. The fourth-order valence-electron chi connectivity index (χ4n) is 3.65. The maximum Gasteiger partial charge on any atom is 0.296 e. The van der Waals surface area contributed by atoms with E-state index in [1.807, 2.05) is 9.36 Å². The molecule has 2 rings (SSSR count). The third-order valence-corrected chi connectivity index (χ3v) is 5.44. The van der Waals surface area contributed by atoms with Crippen molar-refractivity contribution in [2.24, 2.45) is 0 Å². The third-order valence-electron chi connectivity index (χ3n) is 5.44. The van der Waals surface area contributed by atoms with E-state index in [1.54, 1.807) is 0 Å². The lowest BCUT2D eigenvalue weighted by atomic mass is 10.1. The summed E-state index contributed by atoms with van der Waals surface area (Å²) < 4.78 is 14.3. The van der Waals surface area contributed by atoms with E-state index in [-0.39, 0.29) is 30.3 Å². The minimum Gasteiger partial charge on any atom is -1.00 e. The maximum atomic E-state index is 6.01. The fraction of sp³-hybridized carbons (Fsp3) is 0.810. The van der Waals surface area contributed by atoms with Crippen LogP contribution in [0.2, 0.25) is 0 Å². The predicted molar refractivity (Wildman–Crippen MR) is 115 cm³/mol. The Labute approximate surface area is 204 Å². The van der Waals surface area contributed by atoms with Crippen LogP contribution >= 0.6 is 0 Å². The average molecular weight is 498 g/mol. The minimum absolute atomic E-state index is 0. The SMILES string of the molecule is CCCCCCC[n+]1noc(N)c1CCCc1c(N)on[n+]1CCCCCCC.O.[Cl-].[Cl-]. The molecular weight excluding hydrogens is 455 g/mol. The molecule has 0 saturated carbocycles. The Morgan fingerprint density at radius 3 is 1.38 bits per heavy atom. The molecule has 0 bridgehead atoms. The molecule has 0 amide bonds. The first-order chi connectivity index (χ1) is 14.2. The molecule has 9 nitrogen and oxygen atoms in total. The molecule has 0 saturated heterocycles. The number of unbranched alkanes of at least 4 members (excludes halogenated alkanes) is 8. The summed E-state index contributed by atoms with van der Waals surface area (Å²) >= 11 is 0. The van der Waals surface area contributed by atoms with E-state index in [0.29, 0.717) is 11.8 Å². The van der Waals surface area contributed by atoms with Crippen molar-refractivity contribution in [1.29, 1.82) is 0 Å². The van der Waals surface area contributed by atoms with Crippen LogP contribution in [0.15, 0.2) is 9.05 Å². The molecular formula is C21H42Cl2N6O3. The first-order valence-electron chi connectivity index (χ1n) is 11.5. The number of anilines is 2. The van der Waals surface area contributed by atoms with Gasteiger partial charge in [0.15, 0.2) is 13.1 Å². The van der Waals surface area contributed by atoms with Gasteiger partial charge in [0.05, 0.1) is 0 Å². The summed E-state index contributed by atoms with van der Waals surface area (Å²) in [5.41, 5.74) is 14.0. The minimum atomic E-state index is 0. The molecule has 0 radical (unpaired) electrons. The normalized spacial score (nSPS) is 10.3. The molecule has 11 heteroatoms. The van der Waals surface area contributed by atoms with Gasteiger partial charge in [0.2, 0.25) is 10.5 Å². The van der Waals surface area contributed by atoms with Crippen molar-refractivity contribution in [3.8, 4) is 0 Å². The zero-order valence-electron chi connectivity index (χ0n) is 19.6. The van der Waals surface area contributed by atoms with Gasteiger partial charge in [-0.25, -0.2) is 0 Å². The van der Waals surface area contributed by atoms with Gasteiger partial charge in [0.1, 0.15) is 0 Å². The number of hydrogen-bond acceptors (Lipinski definition) is 6. The van der Waals surface area contributed by atoms with Crippen molar-refractivity contribution in [3.05, 3.63) is 11.4 Å². The summed E-state index contributed by atoms with van der Waals surface area (Å²) in [6, 6.07) is 0. The van der Waals surface area contributed by atoms with Gasteiger partial charge < -0.3 is 41.8 Å². The molecule has 0 aliphatic rings. The average Bonchev–Trinajstić information content (AvgIpc) is 3.24. The van der Waals surface area contributed by atoms with Crippen molar-refractivity contribution >= 4 is 11.8 Å². The second-order valence-corrected chi connectivity index (χ2v) is 7.90. The van der Waals surface area contributed by atoms with Gasteiger partial charge in [0.25, 0.3) is 23.2 Å². The number of hydrogen-bond donors (Lipinski definition) is 2. The fourth-order valence-corrected chi connectivity index (χ4v) is 3.65. The van der Waals surface area contributed by atoms with Crippen LogP contribution < -0.4 is 45.6 Å². The van der Waals surface area contributed by atoms with E-state index in [4.69, 9.17) is 20.5 Å². The number of aromatic nitrogens is 4. The molecule has 0 aromatic carbocycles. The molecule has 2 heterocycles. The van der Waals surface area contributed by atoms with E-state index in [0.717, 1.165) is 56.6 Å². The van der Waals surface area contributed by atoms with Crippen molar-refractivity contribution in [2.75, 3.05) is 11.5 Å². The molecule has 0 aliphatic heterocycles. The van der Waals surface area contributed by atoms with E-state index < -0.39 is 0 Å². The molecule has 0 atom stereocenters. The number of halogens is 2. The second kappa shape index (κ2) is 18.9. The molecule has 0 fully saturated rings. The number of nitrogens with zero attached hydrogens (tertiary/aromatic N) is 4. The highest BCUT2D eigenvalue weighted by molar-refractivity contribution is 5.27. The predicted octanol–water partition coefficient (Wildman–Crippen LogP) is -3.30. The van der Waals surface area contributed by atoms with Gasteiger partial charge in [-0.05, 0) is 28.6 Å². The van der Waals surface area contributed by atoms with E-state index in [9.17, 15) is 0 Å². The lowest BCUT2D eigenvalue weighted by Gasteiger charge is -1.98. The molecule has 0 spiro atoms. The highest BCUT2D eigenvalue weighted by atomic mass is 35.5. The van der Waals surface area contributed by atoms with Crippen LogP contribution in [0, 0.1) is 0 Å². The van der Waals surface area contributed by atoms with Crippen LogP contribution in [0.3, 0.4) is 0 Å². The topological polar surface area (TPSA) is 143 Å². The Morgan fingerprint density at radius 1 is 0.625 bits per heavy atom. The Balaban J connectivity index is 0. The van der Waals surface area contributed by atoms with Gasteiger partial charge in [-0.1, -0.05) is 52.4 Å². The van der Waals surface area contributed by atoms with E-state index >= 15 is 0 Å². The molecule has 32 heavy (non-hydrogen) atoms. The van der Waals surface area contributed by atoms with Crippen LogP contribution in [0.5, 0.6) is 0 Å². The third kappa shape index (κ3) is 10.8. The molecule has 2 aromatic heterocycles. The van der Waals surface area contributed by atoms with Crippen molar-refractivity contribution < 1.29 is 48.7 Å². The van der Waals surface area contributed by atoms with Crippen molar-refractivity contribution in [3.63, 3.8) is 0 Å². The second-order valence-electron chi connectivity index (χ2n) is 7.90.